The van der Waals surface area contributed by atoms with E-state index in [4.69, 9.17) is 9.47 Å². The zero-order valence-electron chi connectivity index (χ0n) is 16.5. The summed E-state index contributed by atoms with van der Waals surface area (Å²) in [6.07, 6.45) is 2.96. The fourth-order valence-electron chi connectivity index (χ4n) is 3.55. The van der Waals surface area contributed by atoms with Gasteiger partial charge in [-0.2, -0.15) is 5.10 Å². The largest absolute Gasteiger partial charge is 0.488 e. The molecule has 2 aromatic heterocycles. The van der Waals surface area contributed by atoms with E-state index in [0.717, 1.165) is 9.88 Å². The first-order chi connectivity index (χ1) is 14.0. The predicted octanol–water partition coefficient (Wildman–Crippen LogP) is 2.19. The minimum atomic E-state index is -0.663. The van der Waals surface area contributed by atoms with Gasteiger partial charge in [0.2, 0.25) is 0 Å². The minimum Gasteiger partial charge on any atom is -0.488 e. The minimum absolute atomic E-state index is 0.124. The van der Waals surface area contributed by atoms with Crippen LogP contribution < -0.4 is 10.1 Å². The highest BCUT2D eigenvalue weighted by molar-refractivity contribution is 7.11. The summed E-state index contributed by atoms with van der Waals surface area (Å²) in [6, 6.07) is 5.52. The van der Waals surface area contributed by atoms with Crippen LogP contribution in [-0.2, 0) is 18.4 Å². The smallest absolute Gasteiger partial charge is 0.270 e. The second-order valence-electron chi connectivity index (χ2n) is 7.29. The Bertz CT molecular complexity index is 1020. The number of carbonyl (C=O) groups excluding carboxylic acids is 1. The Labute approximate surface area is 172 Å². The van der Waals surface area contributed by atoms with Crippen molar-refractivity contribution in [1.29, 1.82) is 0 Å². The van der Waals surface area contributed by atoms with E-state index < -0.39 is 5.54 Å². The summed E-state index contributed by atoms with van der Waals surface area (Å²) < 4.78 is 12.8. The number of aliphatic hydroxyl groups excluding tert-OH is 1. The average Bonchev–Trinajstić information content (AvgIpc) is 3.28. The summed E-state index contributed by atoms with van der Waals surface area (Å²) in [4.78, 5) is 18.4. The van der Waals surface area contributed by atoms with E-state index in [-0.39, 0.29) is 12.5 Å². The lowest BCUT2D eigenvalue weighted by Gasteiger charge is -2.36. The van der Waals surface area contributed by atoms with Crippen LogP contribution in [0.25, 0.3) is 10.9 Å². The number of aliphatic hydroxyl groups is 1. The number of ether oxygens (including phenoxy) is 2. The highest BCUT2D eigenvalue weighted by Crippen LogP contribution is 2.26. The molecule has 3 heterocycles. The Morgan fingerprint density at radius 3 is 2.90 bits per heavy atom. The zero-order chi connectivity index (χ0) is 20.4. The van der Waals surface area contributed by atoms with Gasteiger partial charge >= 0.3 is 0 Å². The molecule has 3 aromatic rings. The van der Waals surface area contributed by atoms with Crippen LogP contribution in [-0.4, -0.2) is 51.1 Å². The number of aryl methyl sites for hydroxylation is 2. The molecule has 1 aliphatic heterocycles. The van der Waals surface area contributed by atoms with Crippen LogP contribution in [0.3, 0.4) is 0 Å². The quantitative estimate of drug-likeness (QED) is 0.639. The van der Waals surface area contributed by atoms with Gasteiger partial charge in [-0.05, 0) is 38.0 Å². The molecule has 2 N–H and O–H groups in total. The number of benzene rings is 1. The van der Waals surface area contributed by atoms with E-state index in [1.54, 1.807) is 23.1 Å². The summed E-state index contributed by atoms with van der Waals surface area (Å²) in [5, 5.41) is 19.0. The second-order valence-corrected chi connectivity index (χ2v) is 8.61. The molecule has 0 unspecified atom stereocenters. The van der Waals surface area contributed by atoms with Crippen molar-refractivity contribution in [3.63, 3.8) is 0 Å². The van der Waals surface area contributed by atoms with Gasteiger partial charge in [-0.25, -0.2) is 4.98 Å². The summed E-state index contributed by atoms with van der Waals surface area (Å²) in [5.74, 6) is 0.398. The van der Waals surface area contributed by atoms with Crippen LogP contribution in [0.4, 0.5) is 0 Å². The average molecular weight is 417 g/mol. The molecular weight excluding hydrogens is 392 g/mol. The Morgan fingerprint density at radius 2 is 2.21 bits per heavy atom. The maximum absolute atomic E-state index is 13.1. The number of rotatable bonds is 6. The van der Waals surface area contributed by atoms with Gasteiger partial charge in [0.25, 0.3) is 5.91 Å². The number of carbonyl (C=O) groups is 1. The van der Waals surface area contributed by atoms with E-state index in [1.807, 2.05) is 31.3 Å². The third-order valence-corrected chi connectivity index (χ3v) is 6.09. The van der Waals surface area contributed by atoms with Crippen molar-refractivity contribution in [1.82, 2.24) is 20.1 Å². The molecular formula is C20H24N4O4S. The van der Waals surface area contributed by atoms with E-state index in [2.05, 4.69) is 15.4 Å². The molecule has 0 bridgehead atoms. The summed E-state index contributed by atoms with van der Waals surface area (Å²) in [6.45, 7) is 3.29. The molecule has 0 aliphatic carbocycles. The molecule has 1 amide bonds. The van der Waals surface area contributed by atoms with Crippen LogP contribution in [0.1, 0.15) is 33.2 Å². The van der Waals surface area contributed by atoms with E-state index >= 15 is 0 Å². The van der Waals surface area contributed by atoms with Crippen molar-refractivity contribution < 1.29 is 19.4 Å². The summed E-state index contributed by atoms with van der Waals surface area (Å²) in [7, 11) is 1.74. The van der Waals surface area contributed by atoms with Crippen LogP contribution in [0.15, 0.2) is 24.4 Å². The Kier molecular flexibility index (Phi) is 5.53. The number of aromatic nitrogens is 3. The standard InChI is InChI=1S/C20H24N4O4S/c1-13-21-10-15(29-13)11-28-14-3-4-17-16(9-14)18(24(2)23-17)19(26)22-20(12-25)5-7-27-8-6-20/h3-4,9-10,25H,5-8,11-12H2,1-2H3,(H,22,26). The molecule has 154 valence electrons. The first-order valence-electron chi connectivity index (χ1n) is 9.52. The van der Waals surface area contributed by atoms with Gasteiger partial charge in [-0.15, -0.1) is 11.3 Å². The van der Waals surface area contributed by atoms with Crippen molar-refractivity contribution in [2.24, 2.45) is 7.05 Å². The molecule has 4 rings (SSSR count). The van der Waals surface area contributed by atoms with Crippen LogP contribution in [0.5, 0.6) is 5.75 Å². The third-order valence-electron chi connectivity index (χ3n) is 5.20. The SMILES string of the molecule is Cc1ncc(COc2ccc3nn(C)c(C(=O)NC4(CO)CCOCC4)c3c2)s1. The zero-order valence-corrected chi connectivity index (χ0v) is 17.3. The number of amides is 1. The third kappa shape index (κ3) is 4.12. The lowest BCUT2D eigenvalue weighted by molar-refractivity contribution is 0.0124. The van der Waals surface area contributed by atoms with Crippen LogP contribution in [0.2, 0.25) is 0 Å². The number of thiazole rings is 1. The summed E-state index contributed by atoms with van der Waals surface area (Å²) >= 11 is 1.59. The molecule has 0 saturated carbocycles. The molecule has 9 heteroatoms. The molecule has 1 aliphatic rings. The van der Waals surface area contributed by atoms with E-state index in [0.29, 0.717) is 55.0 Å². The van der Waals surface area contributed by atoms with Gasteiger partial charge in [-0.3, -0.25) is 9.48 Å². The van der Waals surface area contributed by atoms with Gasteiger partial charge in [0.15, 0.2) is 0 Å². The van der Waals surface area contributed by atoms with Gasteiger partial charge in [0.05, 0.1) is 27.5 Å². The maximum atomic E-state index is 13.1. The maximum Gasteiger partial charge on any atom is 0.270 e. The van der Waals surface area contributed by atoms with E-state index in [1.165, 1.54) is 0 Å². The number of hydrogen-bond donors (Lipinski definition) is 2. The highest BCUT2D eigenvalue weighted by Gasteiger charge is 2.35. The summed E-state index contributed by atoms with van der Waals surface area (Å²) in [5.41, 5.74) is 0.492. The monoisotopic (exact) mass is 416 g/mol. The molecule has 0 spiro atoms. The van der Waals surface area contributed by atoms with Crippen molar-refractivity contribution in [2.45, 2.75) is 31.9 Å². The fourth-order valence-corrected chi connectivity index (χ4v) is 4.26. The van der Waals surface area contributed by atoms with Gasteiger partial charge in [0.1, 0.15) is 18.1 Å². The Hall–Kier alpha value is -2.49. The van der Waals surface area contributed by atoms with Crippen LogP contribution in [0, 0.1) is 6.92 Å². The highest BCUT2D eigenvalue weighted by atomic mass is 32.1. The normalized spacial score (nSPS) is 16.1. The van der Waals surface area contributed by atoms with Crippen molar-refractivity contribution in [3.8, 4) is 5.75 Å². The lowest BCUT2D eigenvalue weighted by atomic mass is 9.90. The fraction of sp³-hybridized carbons (Fsp3) is 0.450. The number of nitrogens with one attached hydrogen (secondary N) is 1. The topological polar surface area (TPSA) is 98.5 Å². The first-order valence-corrected chi connectivity index (χ1v) is 10.3. The molecule has 0 atom stereocenters. The van der Waals surface area contributed by atoms with Crippen molar-refractivity contribution in [2.75, 3.05) is 19.8 Å². The molecule has 29 heavy (non-hydrogen) atoms. The van der Waals surface area contributed by atoms with Gasteiger partial charge < -0.3 is 19.9 Å². The van der Waals surface area contributed by atoms with Crippen molar-refractivity contribution >= 4 is 28.1 Å². The Balaban J connectivity index is 1.58. The van der Waals surface area contributed by atoms with Gasteiger partial charge in [-0.1, -0.05) is 0 Å². The number of hydrogen-bond acceptors (Lipinski definition) is 7. The molecule has 1 fully saturated rings. The molecule has 1 saturated heterocycles. The van der Waals surface area contributed by atoms with Crippen molar-refractivity contribution in [3.05, 3.63) is 40.0 Å². The molecule has 0 radical (unpaired) electrons. The molecule has 8 nitrogen and oxygen atoms in total. The van der Waals surface area contributed by atoms with Crippen LogP contribution >= 0.6 is 11.3 Å². The second kappa shape index (κ2) is 8.10. The Morgan fingerprint density at radius 1 is 1.41 bits per heavy atom. The van der Waals surface area contributed by atoms with Gasteiger partial charge in [0, 0.05) is 31.8 Å². The number of fused-ring (bicyclic) bond motifs is 1. The first kappa shape index (κ1) is 19.8. The molecule has 1 aromatic carbocycles. The predicted molar refractivity (Wildman–Crippen MR) is 109 cm³/mol. The van der Waals surface area contributed by atoms with E-state index in [9.17, 15) is 9.90 Å². The lowest BCUT2D eigenvalue weighted by Crippen LogP contribution is -2.54. The number of nitrogens with zero attached hydrogens (tertiary/aromatic N) is 3.